The van der Waals surface area contributed by atoms with Crippen molar-refractivity contribution in [1.29, 1.82) is 0 Å². The van der Waals surface area contributed by atoms with Gasteiger partial charge in [-0.3, -0.25) is 9.98 Å². The molecule has 86 valence electrons. The molecule has 0 aliphatic carbocycles. The smallest absolute Gasteiger partial charge is 0.161 e. The molecule has 0 atom stereocenters. The third-order valence-corrected chi connectivity index (χ3v) is 3.36. The van der Waals surface area contributed by atoms with Crippen LogP contribution in [0.2, 0.25) is 0 Å². The Morgan fingerprint density at radius 3 is 2.88 bits per heavy atom. The Morgan fingerprint density at radius 2 is 2.19 bits per heavy atom. The lowest BCUT2D eigenvalue weighted by Gasteiger charge is -2.26. The normalized spacial score (nSPS) is 19.1. The van der Waals surface area contributed by atoms with E-state index >= 15 is 0 Å². The molecule has 0 saturated heterocycles. The number of nitrogens with one attached hydrogen (secondary N) is 1. The van der Waals surface area contributed by atoms with Crippen LogP contribution in [0.4, 0.5) is 5.69 Å². The quantitative estimate of drug-likeness (QED) is 0.813. The largest absolute Gasteiger partial charge is 0.334 e. The number of anilines is 1. The summed E-state index contributed by atoms with van der Waals surface area (Å²) in [6, 6.07) is 2.08. The maximum atomic E-state index is 4.68. The van der Waals surface area contributed by atoms with E-state index in [2.05, 4.69) is 35.2 Å². The standard InChI is InChI=1S/C12H17N3S/c1-9-6-10(8-13-7-9)14-11-15-12(2,3)4-5-16-11/h6-8H,4-5H2,1-3H3,(H,14,15). The van der Waals surface area contributed by atoms with E-state index in [-0.39, 0.29) is 5.54 Å². The molecule has 0 unspecified atom stereocenters. The molecule has 1 aromatic heterocycles. The highest BCUT2D eigenvalue weighted by Crippen LogP contribution is 2.26. The molecule has 2 rings (SSSR count). The van der Waals surface area contributed by atoms with Gasteiger partial charge in [0, 0.05) is 11.9 Å². The van der Waals surface area contributed by atoms with Crippen molar-refractivity contribution in [2.24, 2.45) is 4.99 Å². The molecule has 16 heavy (non-hydrogen) atoms. The van der Waals surface area contributed by atoms with E-state index < -0.39 is 0 Å². The van der Waals surface area contributed by atoms with Gasteiger partial charge in [-0.2, -0.15) is 0 Å². The number of pyridine rings is 1. The van der Waals surface area contributed by atoms with Crippen LogP contribution in [-0.2, 0) is 0 Å². The molecule has 1 aliphatic heterocycles. The van der Waals surface area contributed by atoms with Gasteiger partial charge in [-0.25, -0.2) is 0 Å². The van der Waals surface area contributed by atoms with Gasteiger partial charge in [0.1, 0.15) is 0 Å². The maximum Gasteiger partial charge on any atom is 0.161 e. The number of aliphatic imine (C=N–C) groups is 1. The molecule has 0 bridgehead atoms. The summed E-state index contributed by atoms with van der Waals surface area (Å²) in [5, 5.41) is 4.33. The Labute approximate surface area is 101 Å². The Hall–Kier alpha value is -1.03. The van der Waals surface area contributed by atoms with Crippen LogP contribution < -0.4 is 5.32 Å². The lowest BCUT2D eigenvalue weighted by Crippen LogP contribution is -2.27. The summed E-state index contributed by atoms with van der Waals surface area (Å²) >= 11 is 1.78. The Morgan fingerprint density at radius 1 is 1.38 bits per heavy atom. The van der Waals surface area contributed by atoms with Crippen molar-refractivity contribution >= 4 is 22.6 Å². The molecule has 0 fully saturated rings. The minimum atomic E-state index is 0.0604. The predicted octanol–water partition coefficient (Wildman–Crippen LogP) is 3.07. The van der Waals surface area contributed by atoms with Crippen LogP contribution in [-0.4, -0.2) is 21.4 Å². The monoisotopic (exact) mass is 235 g/mol. The molecule has 2 heterocycles. The van der Waals surface area contributed by atoms with Gasteiger partial charge < -0.3 is 5.32 Å². The highest BCUT2D eigenvalue weighted by molar-refractivity contribution is 8.14. The van der Waals surface area contributed by atoms with Gasteiger partial charge in [0.2, 0.25) is 0 Å². The van der Waals surface area contributed by atoms with Gasteiger partial charge in [-0.05, 0) is 38.8 Å². The fourth-order valence-corrected chi connectivity index (χ4v) is 2.87. The van der Waals surface area contributed by atoms with Crippen molar-refractivity contribution in [1.82, 2.24) is 4.98 Å². The van der Waals surface area contributed by atoms with Crippen LogP contribution in [0.5, 0.6) is 0 Å². The van der Waals surface area contributed by atoms with E-state index in [4.69, 9.17) is 0 Å². The van der Waals surface area contributed by atoms with Gasteiger partial charge >= 0.3 is 0 Å². The third kappa shape index (κ3) is 2.98. The lowest BCUT2D eigenvalue weighted by atomic mass is 10.0. The van der Waals surface area contributed by atoms with E-state index in [0.29, 0.717) is 0 Å². The van der Waals surface area contributed by atoms with Crippen molar-refractivity contribution in [3.05, 3.63) is 24.0 Å². The molecular weight excluding hydrogens is 218 g/mol. The van der Waals surface area contributed by atoms with E-state index in [1.807, 2.05) is 19.3 Å². The number of aromatic nitrogens is 1. The summed E-state index contributed by atoms with van der Waals surface area (Å²) in [5.41, 5.74) is 2.24. The van der Waals surface area contributed by atoms with Gasteiger partial charge in [-0.15, -0.1) is 0 Å². The first-order valence-electron chi connectivity index (χ1n) is 5.46. The molecule has 4 heteroatoms. The minimum absolute atomic E-state index is 0.0604. The number of thioether (sulfide) groups is 1. The molecule has 0 radical (unpaired) electrons. The summed E-state index contributed by atoms with van der Waals surface area (Å²) in [4.78, 5) is 8.84. The first-order chi connectivity index (χ1) is 7.55. The number of nitrogens with zero attached hydrogens (tertiary/aromatic N) is 2. The van der Waals surface area contributed by atoms with Crippen LogP contribution in [0.25, 0.3) is 0 Å². The number of amidine groups is 1. The molecule has 1 aliphatic rings. The fourth-order valence-electron chi connectivity index (χ4n) is 1.57. The highest BCUT2D eigenvalue weighted by Gasteiger charge is 2.22. The van der Waals surface area contributed by atoms with E-state index in [9.17, 15) is 0 Å². The maximum absolute atomic E-state index is 4.68. The van der Waals surface area contributed by atoms with Crippen molar-refractivity contribution in [2.75, 3.05) is 11.1 Å². The lowest BCUT2D eigenvalue weighted by molar-refractivity contribution is 0.507. The third-order valence-electron chi connectivity index (χ3n) is 2.48. The molecule has 0 spiro atoms. The van der Waals surface area contributed by atoms with Crippen LogP contribution in [0, 0.1) is 6.92 Å². The van der Waals surface area contributed by atoms with E-state index in [0.717, 1.165) is 28.6 Å². The molecule has 1 aromatic rings. The van der Waals surface area contributed by atoms with E-state index in [1.54, 1.807) is 11.8 Å². The molecule has 3 nitrogen and oxygen atoms in total. The average molecular weight is 235 g/mol. The van der Waals surface area contributed by atoms with Gasteiger partial charge in [-0.1, -0.05) is 11.8 Å². The Kier molecular flexibility index (Phi) is 3.19. The van der Waals surface area contributed by atoms with Crippen molar-refractivity contribution in [2.45, 2.75) is 32.7 Å². The predicted molar refractivity (Wildman–Crippen MR) is 71.2 cm³/mol. The number of hydrogen-bond donors (Lipinski definition) is 1. The number of hydrogen-bond acceptors (Lipinski definition) is 4. The summed E-state index contributed by atoms with van der Waals surface area (Å²) in [6.45, 7) is 6.38. The SMILES string of the molecule is Cc1cncc(NC2=NC(C)(C)CCS2)c1. The first kappa shape index (κ1) is 11.5. The summed E-state index contributed by atoms with van der Waals surface area (Å²) in [5.74, 6) is 1.12. The zero-order chi connectivity index (χ0) is 11.6. The highest BCUT2D eigenvalue weighted by atomic mass is 32.2. The van der Waals surface area contributed by atoms with Gasteiger partial charge in [0.25, 0.3) is 0 Å². The molecule has 1 N–H and O–H groups in total. The van der Waals surface area contributed by atoms with E-state index in [1.165, 1.54) is 0 Å². The topological polar surface area (TPSA) is 37.3 Å². The van der Waals surface area contributed by atoms with Crippen molar-refractivity contribution in [3.63, 3.8) is 0 Å². The zero-order valence-corrected chi connectivity index (χ0v) is 10.8. The second kappa shape index (κ2) is 4.45. The van der Waals surface area contributed by atoms with Crippen LogP contribution in [0.3, 0.4) is 0 Å². The minimum Gasteiger partial charge on any atom is -0.334 e. The van der Waals surface area contributed by atoms with Crippen LogP contribution >= 0.6 is 11.8 Å². The molecule has 0 amide bonds. The van der Waals surface area contributed by atoms with Gasteiger partial charge in [0.15, 0.2) is 5.17 Å². The molecular formula is C12H17N3S. The van der Waals surface area contributed by atoms with Crippen molar-refractivity contribution < 1.29 is 0 Å². The Bertz CT molecular complexity index is 412. The van der Waals surface area contributed by atoms with Crippen molar-refractivity contribution in [3.8, 4) is 0 Å². The second-order valence-corrected chi connectivity index (χ2v) is 5.79. The van der Waals surface area contributed by atoms with Crippen LogP contribution in [0.1, 0.15) is 25.8 Å². The second-order valence-electron chi connectivity index (χ2n) is 4.70. The molecule has 0 aromatic carbocycles. The zero-order valence-electron chi connectivity index (χ0n) is 9.95. The Balaban J connectivity index is 2.13. The first-order valence-corrected chi connectivity index (χ1v) is 6.45. The number of aryl methyl sites for hydroxylation is 1. The summed E-state index contributed by atoms with van der Waals surface area (Å²) in [6.07, 6.45) is 4.82. The fraction of sp³-hybridized carbons (Fsp3) is 0.500. The summed E-state index contributed by atoms with van der Waals surface area (Å²) in [7, 11) is 0. The average Bonchev–Trinajstić information content (AvgIpc) is 2.15. The van der Waals surface area contributed by atoms with Gasteiger partial charge in [0.05, 0.1) is 17.4 Å². The summed E-state index contributed by atoms with van der Waals surface area (Å²) < 4.78 is 0. The molecule has 0 saturated carbocycles. The number of rotatable bonds is 1. The van der Waals surface area contributed by atoms with Crippen LogP contribution in [0.15, 0.2) is 23.5 Å².